The van der Waals surface area contributed by atoms with E-state index in [-0.39, 0.29) is 30.1 Å². The number of aliphatic imine (C=N–C) groups is 1. The number of nitrogens with zero attached hydrogens (tertiary/aromatic N) is 2. The lowest BCUT2D eigenvalue weighted by Gasteiger charge is -2.26. The molecule has 1 heterocycles. The summed E-state index contributed by atoms with van der Waals surface area (Å²) < 4.78 is 11.4. The van der Waals surface area contributed by atoms with Crippen molar-refractivity contribution in [1.29, 1.82) is 0 Å². The first-order valence-corrected chi connectivity index (χ1v) is 11.8. The van der Waals surface area contributed by atoms with Crippen molar-refractivity contribution >= 4 is 29.9 Å². The molecule has 1 atom stereocenters. The molecule has 182 valence electrons. The van der Waals surface area contributed by atoms with Crippen LogP contribution in [-0.2, 0) is 22.6 Å². The van der Waals surface area contributed by atoms with E-state index in [9.17, 15) is 0 Å². The van der Waals surface area contributed by atoms with E-state index in [1.807, 2.05) is 18.2 Å². The zero-order chi connectivity index (χ0) is 22.4. The Morgan fingerprint density at radius 3 is 2.58 bits per heavy atom. The normalized spacial score (nSPS) is 15.5. The number of ether oxygens (including phenoxy) is 2. The van der Waals surface area contributed by atoms with Crippen LogP contribution in [0.1, 0.15) is 43.1 Å². The minimum Gasteiger partial charge on any atom is -0.379 e. The van der Waals surface area contributed by atoms with Crippen LogP contribution >= 0.6 is 24.0 Å². The summed E-state index contributed by atoms with van der Waals surface area (Å²) in [6.45, 7) is 11.9. The molecule has 0 amide bonds. The maximum Gasteiger partial charge on any atom is 0.191 e. The van der Waals surface area contributed by atoms with Gasteiger partial charge in [-0.1, -0.05) is 54.6 Å². The first-order valence-electron chi connectivity index (χ1n) is 11.8. The fraction of sp³-hybridized carbons (Fsp3) is 0.500. The Balaban J connectivity index is 0.00000385. The lowest BCUT2D eigenvalue weighted by molar-refractivity contribution is 0.0342. The molecular weight excluding hydrogens is 527 g/mol. The van der Waals surface area contributed by atoms with Crippen LogP contribution in [0.15, 0.2) is 59.6 Å². The van der Waals surface area contributed by atoms with Crippen LogP contribution in [0, 0.1) is 0 Å². The summed E-state index contributed by atoms with van der Waals surface area (Å²) in [6, 6.07) is 19.1. The van der Waals surface area contributed by atoms with Gasteiger partial charge < -0.3 is 20.1 Å². The minimum absolute atomic E-state index is 0. The van der Waals surface area contributed by atoms with E-state index in [0.29, 0.717) is 13.2 Å². The van der Waals surface area contributed by atoms with E-state index >= 15 is 0 Å². The highest BCUT2D eigenvalue weighted by atomic mass is 127. The highest BCUT2D eigenvalue weighted by Crippen LogP contribution is 2.15. The van der Waals surface area contributed by atoms with Gasteiger partial charge in [-0.05, 0) is 37.0 Å². The Labute approximate surface area is 216 Å². The number of rotatable bonds is 11. The molecule has 0 aromatic heterocycles. The van der Waals surface area contributed by atoms with Crippen LogP contribution in [-0.4, -0.2) is 56.9 Å². The molecule has 1 unspecified atom stereocenters. The molecule has 2 aromatic rings. The molecule has 0 spiro atoms. The molecule has 0 radical (unpaired) electrons. The molecule has 0 aliphatic carbocycles. The second-order valence-corrected chi connectivity index (χ2v) is 8.11. The SMILES string of the molecule is CCNC(=NCc1cccc(CN2CCOCC2)c1)NCCCOC(C)c1ccccc1.I. The number of guanidine groups is 1. The van der Waals surface area contributed by atoms with Crippen molar-refractivity contribution in [3.63, 3.8) is 0 Å². The van der Waals surface area contributed by atoms with Gasteiger partial charge in [-0.15, -0.1) is 24.0 Å². The molecule has 33 heavy (non-hydrogen) atoms. The van der Waals surface area contributed by atoms with Gasteiger partial charge in [-0.3, -0.25) is 4.90 Å². The van der Waals surface area contributed by atoms with Gasteiger partial charge in [0.25, 0.3) is 0 Å². The van der Waals surface area contributed by atoms with Gasteiger partial charge >= 0.3 is 0 Å². The van der Waals surface area contributed by atoms with Crippen molar-refractivity contribution in [3.05, 3.63) is 71.3 Å². The Morgan fingerprint density at radius 2 is 1.82 bits per heavy atom. The van der Waals surface area contributed by atoms with Crippen LogP contribution in [0.2, 0.25) is 0 Å². The lowest BCUT2D eigenvalue weighted by Crippen LogP contribution is -2.38. The van der Waals surface area contributed by atoms with E-state index in [1.165, 1.54) is 16.7 Å². The average molecular weight is 567 g/mol. The maximum absolute atomic E-state index is 5.96. The summed E-state index contributed by atoms with van der Waals surface area (Å²) in [5.41, 5.74) is 3.78. The van der Waals surface area contributed by atoms with E-state index in [4.69, 9.17) is 14.5 Å². The van der Waals surface area contributed by atoms with Crippen molar-refractivity contribution in [3.8, 4) is 0 Å². The van der Waals surface area contributed by atoms with Gasteiger partial charge in [0.15, 0.2) is 5.96 Å². The number of morpholine rings is 1. The van der Waals surface area contributed by atoms with Gasteiger partial charge in [-0.25, -0.2) is 4.99 Å². The lowest BCUT2D eigenvalue weighted by atomic mass is 10.1. The van der Waals surface area contributed by atoms with Gasteiger partial charge in [-0.2, -0.15) is 0 Å². The second kappa shape index (κ2) is 16.0. The van der Waals surface area contributed by atoms with Crippen LogP contribution < -0.4 is 10.6 Å². The van der Waals surface area contributed by atoms with E-state index in [1.54, 1.807) is 0 Å². The third kappa shape index (κ3) is 10.4. The van der Waals surface area contributed by atoms with Crippen molar-refractivity contribution in [1.82, 2.24) is 15.5 Å². The Bertz CT molecular complexity index is 813. The molecule has 7 heteroatoms. The summed E-state index contributed by atoms with van der Waals surface area (Å²) in [5, 5.41) is 6.76. The molecule has 0 saturated carbocycles. The van der Waals surface area contributed by atoms with E-state index < -0.39 is 0 Å². The van der Waals surface area contributed by atoms with Crippen molar-refractivity contribution in [2.75, 3.05) is 46.0 Å². The Morgan fingerprint density at radius 1 is 1.06 bits per heavy atom. The number of benzene rings is 2. The zero-order valence-electron chi connectivity index (χ0n) is 20.0. The molecule has 1 aliphatic rings. The highest BCUT2D eigenvalue weighted by molar-refractivity contribution is 14.0. The Hall–Kier alpha value is -1.68. The molecule has 0 bridgehead atoms. The standard InChI is InChI=1S/C26H38N4O2.HI/c1-3-27-26(28-13-8-16-32-22(2)25-11-5-4-6-12-25)29-20-23-9-7-10-24(19-23)21-30-14-17-31-18-15-30;/h4-7,9-12,19,22H,3,8,13-18,20-21H2,1-2H3,(H2,27,28,29);1H. The molecule has 1 fully saturated rings. The van der Waals surface area contributed by atoms with E-state index in [0.717, 1.165) is 58.3 Å². The summed E-state index contributed by atoms with van der Waals surface area (Å²) in [4.78, 5) is 7.21. The first kappa shape index (κ1) is 27.6. The van der Waals surface area contributed by atoms with Crippen molar-refractivity contribution < 1.29 is 9.47 Å². The largest absolute Gasteiger partial charge is 0.379 e. The second-order valence-electron chi connectivity index (χ2n) is 8.11. The minimum atomic E-state index is 0. The van der Waals surface area contributed by atoms with Crippen LogP contribution in [0.25, 0.3) is 0 Å². The molecular formula is C26H39IN4O2. The zero-order valence-corrected chi connectivity index (χ0v) is 22.3. The monoisotopic (exact) mass is 566 g/mol. The summed E-state index contributed by atoms with van der Waals surface area (Å²) >= 11 is 0. The summed E-state index contributed by atoms with van der Waals surface area (Å²) in [6.07, 6.45) is 1.04. The predicted octanol–water partition coefficient (Wildman–Crippen LogP) is 4.36. The topological polar surface area (TPSA) is 58.1 Å². The molecule has 2 aromatic carbocycles. The molecule has 1 aliphatic heterocycles. The number of hydrogen-bond donors (Lipinski definition) is 2. The third-order valence-electron chi connectivity index (χ3n) is 5.52. The molecule has 6 nitrogen and oxygen atoms in total. The van der Waals surface area contributed by atoms with Gasteiger partial charge in [0.05, 0.1) is 25.9 Å². The third-order valence-corrected chi connectivity index (χ3v) is 5.52. The Kier molecular flexibility index (Phi) is 13.4. The summed E-state index contributed by atoms with van der Waals surface area (Å²) in [5.74, 6) is 0.849. The van der Waals surface area contributed by atoms with Crippen LogP contribution in [0.4, 0.5) is 0 Å². The van der Waals surface area contributed by atoms with Crippen molar-refractivity contribution in [2.45, 2.75) is 39.5 Å². The average Bonchev–Trinajstić information content (AvgIpc) is 2.83. The smallest absolute Gasteiger partial charge is 0.191 e. The maximum atomic E-state index is 5.96. The molecule has 2 N–H and O–H groups in total. The van der Waals surface area contributed by atoms with Crippen molar-refractivity contribution in [2.24, 2.45) is 4.99 Å². The predicted molar refractivity (Wildman–Crippen MR) is 146 cm³/mol. The van der Waals surface area contributed by atoms with Gasteiger partial charge in [0.2, 0.25) is 0 Å². The van der Waals surface area contributed by atoms with Crippen LogP contribution in [0.5, 0.6) is 0 Å². The number of nitrogens with one attached hydrogen (secondary N) is 2. The summed E-state index contributed by atoms with van der Waals surface area (Å²) in [7, 11) is 0. The first-order chi connectivity index (χ1) is 15.7. The van der Waals surface area contributed by atoms with Crippen LogP contribution in [0.3, 0.4) is 0 Å². The molecule has 3 rings (SSSR count). The van der Waals surface area contributed by atoms with Gasteiger partial charge in [0, 0.05) is 39.3 Å². The fourth-order valence-electron chi connectivity index (χ4n) is 3.72. The van der Waals surface area contributed by atoms with Gasteiger partial charge in [0.1, 0.15) is 0 Å². The number of hydrogen-bond acceptors (Lipinski definition) is 4. The fourth-order valence-corrected chi connectivity index (χ4v) is 3.72. The highest BCUT2D eigenvalue weighted by Gasteiger charge is 2.10. The quantitative estimate of drug-likeness (QED) is 0.183. The molecule has 1 saturated heterocycles. The van der Waals surface area contributed by atoms with E-state index in [2.05, 4.69) is 65.8 Å². The number of halogens is 1.